The van der Waals surface area contributed by atoms with Gasteiger partial charge in [0.25, 0.3) is 0 Å². The van der Waals surface area contributed by atoms with Crippen LogP contribution < -0.4 is 5.32 Å². The summed E-state index contributed by atoms with van der Waals surface area (Å²) in [5.41, 5.74) is 4.81. The second-order valence-electron chi connectivity index (χ2n) is 9.60. The zero-order valence-corrected chi connectivity index (χ0v) is 17.4. The van der Waals surface area contributed by atoms with Crippen LogP contribution in [0, 0.1) is 5.92 Å². The Kier molecular flexibility index (Phi) is 5.54. The van der Waals surface area contributed by atoms with Crippen LogP contribution in [0.1, 0.15) is 90.3 Å². The number of Topliss-reactive ketones (excluding diaryl/α,β-unsaturated/α-hetero) is 1. The molecule has 2 unspecified atom stereocenters. The van der Waals surface area contributed by atoms with E-state index in [0.717, 1.165) is 17.0 Å². The van der Waals surface area contributed by atoms with Gasteiger partial charge < -0.3 is 5.32 Å². The van der Waals surface area contributed by atoms with E-state index >= 15 is 0 Å². The first-order valence-corrected chi connectivity index (χ1v) is 11.7. The van der Waals surface area contributed by atoms with Crippen LogP contribution in [0.15, 0.2) is 48.5 Å². The van der Waals surface area contributed by atoms with Crippen LogP contribution in [0.5, 0.6) is 0 Å². The van der Waals surface area contributed by atoms with E-state index in [9.17, 15) is 4.79 Å². The molecular formula is C27H33NO. The monoisotopic (exact) mass is 387 g/mol. The van der Waals surface area contributed by atoms with Crippen molar-refractivity contribution in [2.24, 2.45) is 5.92 Å². The molecule has 0 amide bonds. The van der Waals surface area contributed by atoms with Crippen molar-refractivity contribution in [3.8, 4) is 0 Å². The van der Waals surface area contributed by atoms with Crippen molar-refractivity contribution in [3.63, 3.8) is 0 Å². The molecule has 0 heterocycles. The summed E-state index contributed by atoms with van der Waals surface area (Å²) in [5, 5.41) is 3.71. The lowest BCUT2D eigenvalue weighted by molar-refractivity contribution is 0.0993. The number of nitrogens with one attached hydrogen (secondary N) is 1. The minimum Gasteiger partial charge on any atom is -0.313 e. The summed E-state index contributed by atoms with van der Waals surface area (Å²) < 4.78 is 0. The molecule has 3 saturated carbocycles. The van der Waals surface area contributed by atoms with Gasteiger partial charge >= 0.3 is 0 Å². The molecule has 0 radical (unpaired) electrons. The Morgan fingerprint density at radius 3 is 2.21 bits per heavy atom. The van der Waals surface area contributed by atoms with Crippen molar-refractivity contribution >= 4 is 5.78 Å². The van der Waals surface area contributed by atoms with E-state index in [4.69, 9.17) is 0 Å². The van der Waals surface area contributed by atoms with Crippen molar-refractivity contribution in [1.82, 2.24) is 5.32 Å². The highest BCUT2D eigenvalue weighted by atomic mass is 16.1. The van der Waals surface area contributed by atoms with Crippen molar-refractivity contribution in [1.29, 1.82) is 0 Å². The van der Waals surface area contributed by atoms with Crippen molar-refractivity contribution in [3.05, 3.63) is 70.8 Å². The summed E-state index contributed by atoms with van der Waals surface area (Å²) in [4.78, 5) is 12.7. The maximum Gasteiger partial charge on any atom is 0.167 e. The van der Waals surface area contributed by atoms with Gasteiger partial charge in [0, 0.05) is 23.9 Å². The van der Waals surface area contributed by atoms with Gasteiger partial charge in [-0.05, 0) is 67.2 Å². The zero-order chi connectivity index (χ0) is 19.6. The smallest absolute Gasteiger partial charge is 0.167 e. The standard InChI is InChI=1S/C27H33NO/c29-27(24-14-12-22(13-15-24)21-4-2-1-3-5-21)16-19-8-10-23(11-9-19)25-17-26(25)28-18-20-6-7-20/h8-15,20-21,25-26,28H,1-7,16-18H2. The molecule has 3 fully saturated rings. The first kappa shape index (κ1) is 19.1. The Labute approximate surface area is 175 Å². The lowest BCUT2D eigenvalue weighted by Gasteiger charge is -2.22. The number of carbonyl (C=O) groups is 1. The van der Waals surface area contributed by atoms with Crippen LogP contribution in [0.25, 0.3) is 0 Å². The molecular weight excluding hydrogens is 354 g/mol. The molecule has 152 valence electrons. The van der Waals surface area contributed by atoms with Crippen molar-refractivity contribution in [2.75, 3.05) is 6.54 Å². The quantitative estimate of drug-likeness (QED) is 0.562. The van der Waals surface area contributed by atoms with E-state index in [1.807, 2.05) is 12.1 Å². The molecule has 0 aliphatic heterocycles. The second kappa shape index (κ2) is 8.44. The van der Waals surface area contributed by atoms with Crippen LogP contribution in [-0.2, 0) is 6.42 Å². The van der Waals surface area contributed by atoms with Crippen LogP contribution in [0.3, 0.4) is 0 Å². The zero-order valence-electron chi connectivity index (χ0n) is 17.4. The van der Waals surface area contributed by atoms with E-state index in [1.54, 1.807) is 0 Å². The molecule has 3 aliphatic rings. The summed E-state index contributed by atoms with van der Waals surface area (Å²) in [6.45, 7) is 1.20. The van der Waals surface area contributed by atoms with Crippen LogP contribution in [-0.4, -0.2) is 18.4 Å². The first-order valence-electron chi connectivity index (χ1n) is 11.7. The highest BCUT2D eigenvalue weighted by Crippen LogP contribution is 2.41. The lowest BCUT2D eigenvalue weighted by atomic mass is 9.84. The number of hydrogen-bond donors (Lipinski definition) is 1. The molecule has 3 aliphatic carbocycles. The minimum absolute atomic E-state index is 0.225. The molecule has 2 aromatic carbocycles. The molecule has 1 N–H and O–H groups in total. The van der Waals surface area contributed by atoms with Gasteiger partial charge in [0.05, 0.1) is 0 Å². The highest BCUT2D eigenvalue weighted by molar-refractivity contribution is 5.97. The molecule has 5 rings (SSSR count). The van der Waals surface area contributed by atoms with E-state index in [0.29, 0.717) is 24.3 Å². The maximum absolute atomic E-state index is 12.7. The van der Waals surface area contributed by atoms with Gasteiger partial charge in [-0.3, -0.25) is 4.79 Å². The summed E-state index contributed by atoms with van der Waals surface area (Å²) in [6.07, 6.45) is 11.3. The summed E-state index contributed by atoms with van der Waals surface area (Å²) >= 11 is 0. The van der Waals surface area contributed by atoms with Crippen molar-refractivity contribution < 1.29 is 4.79 Å². The molecule has 2 heteroatoms. The van der Waals surface area contributed by atoms with Gasteiger partial charge in [-0.25, -0.2) is 0 Å². The minimum atomic E-state index is 0.225. The summed E-state index contributed by atoms with van der Waals surface area (Å²) in [6, 6.07) is 17.9. The van der Waals surface area contributed by atoms with Gasteiger partial charge in [0.2, 0.25) is 0 Å². The first-order chi connectivity index (χ1) is 14.3. The molecule has 29 heavy (non-hydrogen) atoms. The molecule has 2 atom stereocenters. The Morgan fingerprint density at radius 1 is 0.828 bits per heavy atom. The van der Waals surface area contributed by atoms with Gasteiger partial charge in [-0.15, -0.1) is 0 Å². The maximum atomic E-state index is 12.7. The largest absolute Gasteiger partial charge is 0.313 e. The number of carbonyl (C=O) groups excluding carboxylic acids is 1. The van der Waals surface area contributed by atoms with Gasteiger partial charge in [0.1, 0.15) is 0 Å². The number of ketones is 1. The third kappa shape index (κ3) is 4.80. The Bertz CT molecular complexity index is 828. The predicted octanol–water partition coefficient (Wildman–Crippen LogP) is 6.02. The predicted molar refractivity (Wildman–Crippen MR) is 119 cm³/mol. The number of rotatable bonds is 8. The average molecular weight is 388 g/mol. The van der Waals surface area contributed by atoms with Crippen LogP contribution in [0.4, 0.5) is 0 Å². The molecule has 0 bridgehead atoms. The molecule has 2 aromatic rings. The van der Waals surface area contributed by atoms with E-state index in [-0.39, 0.29) is 5.78 Å². The fraction of sp³-hybridized carbons (Fsp3) is 0.519. The molecule has 0 spiro atoms. The van der Waals surface area contributed by atoms with Gasteiger partial charge in [-0.1, -0.05) is 67.8 Å². The third-order valence-corrected chi connectivity index (χ3v) is 7.24. The Hall–Kier alpha value is -1.93. The second-order valence-corrected chi connectivity index (χ2v) is 9.60. The Balaban J connectivity index is 1.14. The van der Waals surface area contributed by atoms with E-state index < -0.39 is 0 Å². The normalized spacial score (nSPS) is 24.4. The summed E-state index contributed by atoms with van der Waals surface area (Å²) in [5.74, 6) is 2.54. The number of hydrogen-bond acceptors (Lipinski definition) is 2. The topological polar surface area (TPSA) is 29.1 Å². The number of benzene rings is 2. The molecule has 0 saturated heterocycles. The molecule has 0 aromatic heterocycles. The lowest BCUT2D eigenvalue weighted by Crippen LogP contribution is -2.20. The van der Waals surface area contributed by atoms with Crippen LogP contribution in [0.2, 0.25) is 0 Å². The highest BCUT2D eigenvalue weighted by Gasteiger charge is 2.38. The Morgan fingerprint density at radius 2 is 1.52 bits per heavy atom. The fourth-order valence-electron chi connectivity index (χ4n) is 4.98. The average Bonchev–Trinajstić information content (AvgIpc) is 3.69. The fourth-order valence-corrected chi connectivity index (χ4v) is 4.98. The SMILES string of the molecule is O=C(Cc1ccc(C2CC2NCC2CC2)cc1)c1ccc(C2CCCCC2)cc1. The van der Waals surface area contributed by atoms with Crippen LogP contribution >= 0.6 is 0 Å². The molecule has 2 nitrogen and oxygen atoms in total. The summed E-state index contributed by atoms with van der Waals surface area (Å²) in [7, 11) is 0. The third-order valence-electron chi connectivity index (χ3n) is 7.24. The van der Waals surface area contributed by atoms with Crippen molar-refractivity contribution in [2.45, 2.75) is 75.7 Å². The van der Waals surface area contributed by atoms with E-state index in [2.05, 4.69) is 41.7 Å². The van der Waals surface area contributed by atoms with E-state index in [1.165, 1.54) is 69.0 Å². The van der Waals surface area contributed by atoms with Gasteiger partial charge in [0.15, 0.2) is 5.78 Å². The van der Waals surface area contributed by atoms with Gasteiger partial charge in [-0.2, -0.15) is 0 Å².